The second kappa shape index (κ2) is 9.83. The monoisotopic (exact) mass is 460 g/mol. The molecule has 0 radical (unpaired) electrons. The molecule has 5 rings (SSSR count). The first-order valence-electron chi connectivity index (χ1n) is 12.7. The van der Waals surface area contributed by atoms with Crippen molar-refractivity contribution in [1.29, 1.82) is 0 Å². The number of likely N-dealkylation sites (tertiary alicyclic amines) is 1. The van der Waals surface area contributed by atoms with E-state index >= 15 is 0 Å². The van der Waals surface area contributed by atoms with E-state index in [-0.39, 0.29) is 17.4 Å². The van der Waals surface area contributed by atoms with Crippen LogP contribution < -0.4 is 10.1 Å². The molecule has 0 aromatic heterocycles. The van der Waals surface area contributed by atoms with E-state index in [1.165, 1.54) is 24.9 Å². The molecule has 3 unspecified atom stereocenters. The molecular weight excluding hydrogens is 424 g/mol. The molecule has 2 aromatic rings. The van der Waals surface area contributed by atoms with Crippen molar-refractivity contribution >= 4 is 12.0 Å². The molecule has 2 aromatic carbocycles. The van der Waals surface area contributed by atoms with Crippen LogP contribution in [0.4, 0.5) is 0 Å². The Labute approximate surface area is 202 Å². The molecule has 0 spiro atoms. The number of carbonyl (C=O) groups is 1. The lowest BCUT2D eigenvalue weighted by atomic mass is 9.58. The van der Waals surface area contributed by atoms with Gasteiger partial charge in [-0.05, 0) is 98.4 Å². The van der Waals surface area contributed by atoms with Crippen LogP contribution in [0.25, 0.3) is 6.08 Å². The molecule has 3 atom stereocenters. The van der Waals surface area contributed by atoms with Crippen LogP contribution in [0, 0.1) is 11.8 Å². The summed E-state index contributed by atoms with van der Waals surface area (Å²) in [5, 5.41) is 13.5. The molecule has 5 nitrogen and oxygen atoms in total. The van der Waals surface area contributed by atoms with Crippen molar-refractivity contribution in [3.63, 3.8) is 0 Å². The number of hydrogen-bond donors (Lipinski definition) is 2. The van der Waals surface area contributed by atoms with Gasteiger partial charge in [-0.25, -0.2) is 0 Å². The molecule has 1 heterocycles. The summed E-state index contributed by atoms with van der Waals surface area (Å²) >= 11 is 0. The zero-order chi connectivity index (χ0) is 23.5. The third-order valence-electron chi connectivity index (χ3n) is 8.11. The topological polar surface area (TPSA) is 61.8 Å². The number of ether oxygens (including phenoxy) is 1. The summed E-state index contributed by atoms with van der Waals surface area (Å²) in [4.78, 5) is 15.5. The summed E-state index contributed by atoms with van der Waals surface area (Å²) in [6.45, 7) is 3.46. The highest BCUT2D eigenvalue weighted by atomic mass is 16.5. The standard InChI is InChI=1S/C29H36N2O3/c1-34-27-7-2-4-21(16-27)10-13-28(33)30-25-12-11-24-20-31(19-22-8-9-22)15-14-29(24,18-25)23-5-3-6-26(32)17-23/h2-7,10,13,16-17,22,24-25,32H,8-9,11-12,14-15,18-20H2,1H3,(H,30,33)/b13-10+. The number of phenolic OH excluding ortho intramolecular Hbond substituents is 1. The van der Waals surface area contributed by atoms with Crippen LogP contribution in [0.1, 0.15) is 49.7 Å². The molecule has 3 fully saturated rings. The van der Waals surface area contributed by atoms with Crippen LogP contribution in [-0.4, -0.2) is 48.7 Å². The van der Waals surface area contributed by atoms with Gasteiger partial charge in [0.25, 0.3) is 0 Å². The Hall–Kier alpha value is -2.79. The van der Waals surface area contributed by atoms with E-state index in [1.54, 1.807) is 19.3 Å². The van der Waals surface area contributed by atoms with Crippen molar-refractivity contribution in [2.45, 2.75) is 50.0 Å². The van der Waals surface area contributed by atoms with Crippen molar-refractivity contribution in [2.24, 2.45) is 11.8 Å². The van der Waals surface area contributed by atoms with Crippen LogP contribution in [0.15, 0.2) is 54.6 Å². The minimum atomic E-state index is -0.0523. The van der Waals surface area contributed by atoms with Gasteiger partial charge in [0.2, 0.25) is 5.91 Å². The van der Waals surface area contributed by atoms with E-state index in [0.717, 1.165) is 56.0 Å². The van der Waals surface area contributed by atoms with E-state index in [1.807, 2.05) is 42.5 Å². The maximum Gasteiger partial charge on any atom is 0.244 e. The van der Waals surface area contributed by atoms with Crippen molar-refractivity contribution in [3.05, 3.63) is 65.7 Å². The van der Waals surface area contributed by atoms with Gasteiger partial charge in [0.1, 0.15) is 11.5 Å². The fraction of sp³-hybridized carbons (Fsp3) is 0.483. The molecule has 2 saturated carbocycles. The van der Waals surface area contributed by atoms with E-state index in [4.69, 9.17) is 4.74 Å². The van der Waals surface area contributed by atoms with Crippen LogP contribution in [0.5, 0.6) is 11.5 Å². The zero-order valence-electron chi connectivity index (χ0n) is 20.1. The number of piperidine rings is 1. The SMILES string of the molecule is COc1cccc(/C=C/C(=O)NC2CCC3CN(CC4CC4)CCC3(c3cccc(O)c3)C2)c1. The Morgan fingerprint density at radius 2 is 2.03 bits per heavy atom. The molecule has 2 aliphatic carbocycles. The Morgan fingerprint density at radius 1 is 1.18 bits per heavy atom. The van der Waals surface area contributed by atoms with E-state index in [0.29, 0.717) is 11.7 Å². The van der Waals surface area contributed by atoms with Crippen molar-refractivity contribution in [1.82, 2.24) is 10.2 Å². The van der Waals surface area contributed by atoms with E-state index < -0.39 is 0 Å². The van der Waals surface area contributed by atoms with Gasteiger partial charge in [-0.1, -0.05) is 24.3 Å². The molecular formula is C29H36N2O3. The average Bonchev–Trinajstić information content (AvgIpc) is 3.67. The van der Waals surface area contributed by atoms with Gasteiger partial charge in [0.05, 0.1) is 7.11 Å². The fourth-order valence-electron chi connectivity index (χ4n) is 6.15. The number of aromatic hydroxyl groups is 1. The third-order valence-corrected chi connectivity index (χ3v) is 8.11. The Kier molecular flexibility index (Phi) is 6.64. The Morgan fingerprint density at radius 3 is 2.82 bits per heavy atom. The summed E-state index contributed by atoms with van der Waals surface area (Å²) in [5.74, 6) is 2.52. The first-order chi connectivity index (χ1) is 16.5. The van der Waals surface area contributed by atoms with Gasteiger partial charge in [-0.15, -0.1) is 0 Å². The van der Waals surface area contributed by atoms with Crippen molar-refractivity contribution in [3.8, 4) is 11.5 Å². The largest absolute Gasteiger partial charge is 0.508 e. The zero-order valence-corrected chi connectivity index (χ0v) is 20.1. The third kappa shape index (κ3) is 5.15. The lowest BCUT2D eigenvalue weighted by molar-refractivity contribution is -0.117. The van der Waals surface area contributed by atoms with Crippen LogP contribution in [0.3, 0.4) is 0 Å². The number of carbonyl (C=O) groups excluding carboxylic acids is 1. The molecule has 34 heavy (non-hydrogen) atoms. The van der Waals surface area contributed by atoms with Crippen LogP contribution in [-0.2, 0) is 10.2 Å². The number of fused-ring (bicyclic) bond motifs is 1. The highest BCUT2D eigenvalue weighted by molar-refractivity contribution is 5.92. The predicted octanol–water partition coefficient (Wildman–Crippen LogP) is 4.75. The lowest BCUT2D eigenvalue weighted by Crippen LogP contribution is -2.56. The van der Waals surface area contributed by atoms with Gasteiger partial charge >= 0.3 is 0 Å². The smallest absolute Gasteiger partial charge is 0.244 e. The highest BCUT2D eigenvalue weighted by Crippen LogP contribution is 2.50. The average molecular weight is 461 g/mol. The molecule has 5 heteroatoms. The van der Waals surface area contributed by atoms with Crippen molar-refractivity contribution < 1.29 is 14.6 Å². The molecule has 1 aliphatic heterocycles. The van der Waals surface area contributed by atoms with Crippen LogP contribution in [0.2, 0.25) is 0 Å². The quantitative estimate of drug-likeness (QED) is 0.585. The first kappa shape index (κ1) is 23.0. The van der Waals surface area contributed by atoms with Gasteiger partial charge in [-0.3, -0.25) is 4.79 Å². The van der Waals surface area contributed by atoms with Crippen molar-refractivity contribution in [2.75, 3.05) is 26.7 Å². The number of amides is 1. The highest BCUT2D eigenvalue weighted by Gasteiger charge is 2.48. The summed E-state index contributed by atoms with van der Waals surface area (Å²) < 4.78 is 5.27. The minimum absolute atomic E-state index is 0.00545. The number of methoxy groups -OCH3 is 1. The normalized spacial score (nSPS) is 27.3. The van der Waals surface area contributed by atoms with Crippen LogP contribution >= 0.6 is 0 Å². The van der Waals surface area contributed by atoms with E-state index in [2.05, 4.69) is 16.3 Å². The van der Waals surface area contributed by atoms with Gasteiger partial charge in [0.15, 0.2) is 0 Å². The number of rotatable bonds is 7. The molecule has 1 amide bonds. The van der Waals surface area contributed by atoms with E-state index in [9.17, 15) is 9.90 Å². The molecule has 2 N–H and O–H groups in total. The Balaban J connectivity index is 1.29. The number of nitrogens with one attached hydrogen (secondary N) is 1. The summed E-state index contributed by atoms with van der Waals surface area (Å²) in [7, 11) is 1.64. The predicted molar refractivity (Wildman–Crippen MR) is 135 cm³/mol. The molecule has 1 saturated heterocycles. The molecule has 0 bridgehead atoms. The maximum atomic E-state index is 12.8. The second-order valence-corrected chi connectivity index (χ2v) is 10.5. The summed E-state index contributed by atoms with van der Waals surface area (Å²) in [5.41, 5.74) is 2.18. The fourth-order valence-corrected chi connectivity index (χ4v) is 6.15. The number of nitrogens with zero attached hydrogens (tertiary/aromatic N) is 1. The minimum Gasteiger partial charge on any atom is -0.508 e. The lowest BCUT2D eigenvalue weighted by Gasteiger charge is -2.53. The Bertz CT molecular complexity index is 1050. The van der Waals surface area contributed by atoms with Gasteiger partial charge < -0.3 is 20.1 Å². The molecule has 3 aliphatic rings. The number of benzene rings is 2. The first-order valence-corrected chi connectivity index (χ1v) is 12.7. The number of phenols is 1. The summed E-state index contributed by atoms with van der Waals surface area (Å²) in [6.07, 6.45) is 10.3. The second-order valence-electron chi connectivity index (χ2n) is 10.5. The van der Waals surface area contributed by atoms with Gasteiger partial charge in [-0.2, -0.15) is 0 Å². The maximum absolute atomic E-state index is 12.8. The number of hydrogen-bond acceptors (Lipinski definition) is 4. The van der Waals surface area contributed by atoms with Gasteiger partial charge in [0, 0.05) is 30.6 Å². The molecule has 180 valence electrons. The summed E-state index contributed by atoms with van der Waals surface area (Å²) in [6, 6.07) is 15.7.